The van der Waals surface area contributed by atoms with Crippen LogP contribution in [0, 0.1) is 6.92 Å². The van der Waals surface area contributed by atoms with Crippen LogP contribution in [0.4, 0.5) is 0 Å². The SMILES string of the molecule is COCCOc1ccc(C)c(-c2cnn(CCN)c2)c1.Cl. The summed E-state index contributed by atoms with van der Waals surface area (Å²) in [6.45, 7) is 4.51. The van der Waals surface area contributed by atoms with Crippen LogP contribution in [0.1, 0.15) is 5.56 Å². The first-order valence-electron chi connectivity index (χ1n) is 6.70. The first kappa shape index (κ1) is 17.5. The Morgan fingerprint density at radius 3 is 2.81 bits per heavy atom. The molecule has 2 aromatic rings. The molecule has 21 heavy (non-hydrogen) atoms. The molecule has 2 N–H and O–H groups in total. The fraction of sp³-hybridized carbons (Fsp3) is 0.400. The van der Waals surface area contributed by atoms with Crippen LogP contribution in [-0.2, 0) is 11.3 Å². The number of nitrogens with two attached hydrogens (primary N) is 1. The highest BCUT2D eigenvalue weighted by atomic mass is 35.5. The molecule has 0 fully saturated rings. The molecule has 0 saturated heterocycles. The van der Waals surface area contributed by atoms with Gasteiger partial charge in [0.05, 0.1) is 19.3 Å². The second-order valence-corrected chi connectivity index (χ2v) is 4.60. The van der Waals surface area contributed by atoms with E-state index in [1.165, 1.54) is 5.56 Å². The molecule has 0 bridgehead atoms. The molecule has 0 saturated carbocycles. The topological polar surface area (TPSA) is 62.3 Å². The van der Waals surface area contributed by atoms with Gasteiger partial charge in [-0.1, -0.05) is 6.07 Å². The number of halogens is 1. The van der Waals surface area contributed by atoms with Crippen molar-refractivity contribution in [1.29, 1.82) is 0 Å². The van der Waals surface area contributed by atoms with Crippen LogP contribution in [-0.4, -0.2) is 36.6 Å². The van der Waals surface area contributed by atoms with Gasteiger partial charge in [-0.3, -0.25) is 4.68 Å². The third-order valence-corrected chi connectivity index (χ3v) is 3.07. The Balaban J connectivity index is 0.00000220. The van der Waals surface area contributed by atoms with Gasteiger partial charge in [-0.05, 0) is 30.2 Å². The number of methoxy groups -OCH3 is 1. The average Bonchev–Trinajstić information content (AvgIpc) is 2.90. The molecule has 5 nitrogen and oxygen atoms in total. The van der Waals surface area contributed by atoms with Crippen molar-refractivity contribution in [2.75, 3.05) is 26.9 Å². The van der Waals surface area contributed by atoms with Gasteiger partial charge in [0.25, 0.3) is 0 Å². The number of aromatic nitrogens is 2. The second kappa shape index (κ2) is 8.67. The lowest BCUT2D eigenvalue weighted by molar-refractivity contribution is 0.146. The molecule has 0 aliphatic rings. The van der Waals surface area contributed by atoms with Gasteiger partial charge in [0.15, 0.2) is 0 Å². The molecule has 0 aliphatic carbocycles. The third-order valence-electron chi connectivity index (χ3n) is 3.07. The van der Waals surface area contributed by atoms with E-state index in [0.717, 1.165) is 23.4 Å². The van der Waals surface area contributed by atoms with Crippen molar-refractivity contribution < 1.29 is 9.47 Å². The molecule has 0 radical (unpaired) electrons. The maximum Gasteiger partial charge on any atom is 0.120 e. The molecule has 1 aromatic carbocycles. The Hall–Kier alpha value is -1.56. The van der Waals surface area contributed by atoms with E-state index < -0.39 is 0 Å². The standard InChI is InChI=1S/C15H21N3O2.ClH/c1-12-3-4-14(20-8-7-19-2)9-15(12)13-10-17-18(11-13)6-5-16;/h3-4,9-11H,5-8,16H2,1-2H3;1H. The van der Waals surface area contributed by atoms with E-state index in [1.54, 1.807) is 7.11 Å². The molecule has 0 spiro atoms. The van der Waals surface area contributed by atoms with Crippen molar-refractivity contribution in [3.05, 3.63) is 36.2 Å². The summed E-state index contributed by atoms with van der Waals surface area (Å²) in [6, 6.07) is 6.06. The lowest BCUT2D eigenvalue weighted by Crippen LogP contribution is -2.09. The summed E-state index contributed by atoms with van der Waals surface area (Å²) in [5, 5.41) is 4.30. The quantitative estimate of drug-likeness (QED) is 0.797. The molecule has 0 atom stereocenters. The average molecular weight is 312 g/mol. The largest absolute Gasteiger partial charge is 0.491 e. The summed E-state index contributed by atoms with van der Waals surface area (Å²) in [5.74, 6) is 0.842. The predicted molar refractivity (Wildman–Crippen MR) is 86.1 cm³/mol. The lowest BCUT2D eigenvalue weighted by atomic mass is 10.0. The summed E-state index contributed by atoms with van der Waals surface area (Å²) in [6.07, 6.45) is 3.87. The molecule has 0 aliphatic heterocycles. The maximum absolute atomic E-state index is 5.65. The van der Waals surface area contributed by atoms with Crippen LogP contribution in [0.3, 0.4) is 0 Å². The number of hydrogen-bond donors (Lipinski definition) is 1. The Morgan fingerprint density at radius 2 is 2.10 bits per heavy atom. The van der Waals surface area contributed by atoms with E-state index in [2.05, 4.69) is 18.1 Å². The number of ether oxygens (including phenoxy) is 2. The Bertz CT molecular complexity index is 558. The van der Waals surface area contributed by atoms with Crippen molar-refractivity contribution in [3.8, 4) is 16.9 Å². The second-order valence-electron chi connectivity index (χ2n) is 4.60. The van der Waals surface area contributed by atoms with E-state index in [4.69, 9.17) is 15.2 Å². The normalized spacial score (nSPS) is 10.2. The highest BCUT2D eigenvalue weighted by Crippen LogP contribution is 2.27. The highest BCUT2D eigenvalue weighted by Gasteiger charge is 2.07. The predicted octanol–water partition coefficient (Wildman–Crippen LogP) is 2.26. The van der Waals surface area contributed by atoms with Crippen molar-refractivity contribution >= 4 is 12.4 Å². The van der Waals surface area contributed by atoms with Crippen LogP contribution in [0.15, 0.2) is 30.6 Å². The molecular weight excluding hydrogens is 290 g/mol. The van der Waals surface area contributed by atoms with Crippen LogP contribution >= 0.6 is 12.4 Å². The van der Waals surface area contributed by atoms with Gasteiger partial charge in [0.2, 0.25) is 0 Å². The van der Waals surface area contributed by atoms with Crippen LogP contribution < -0.4 is 10.5 Å². The number of benzene rings is 1. The molecular formula is C15H22ClN3O2. The fourth-order valence-electron chi connectivity index (χ4n) is 2.00. The van der Waals surface area contributed by atoms with E-state index in [1.807, 2.05) is 29.2 Å². The highest BCUT2D eigenvalue weighted by molar-refractivity contribution is 5.85. The van der Waals surface area contributed by atoms with Crippen LogP contribution in [0.25, 0.3) is 11.1 Å². The molecule has 116 valence electrons. The van der Waals surface area contributed by atoms with Gasteiger partial charge in [-0.15, -0.1) is 12.4 Å². The van der Waals surface area contributed by atoms with E-state index in [9.17, 15) is 0 Å². The zero-order valence-electron chi connectivity index (χ0n) is 12.4. The van der Waals surface area contributed by atoms with E-state index in [-0.39, 0.29) is 12.4 Å². The number of nitrogens with zero attached hydrogens (tertiary/aromatic N) is 2. The van der Waals surface area contributed by atoms with Gasteiger partial charge in [-0.25, -0.2) is 0 Å². The lowest BCUT2D eigenvalue weighted by Gasteiger charge is -2.09. The number of hydrogen-bond acceptors (Lipinski definition) is 4. The van der Waals surface area contributed by atoms with Crippen LogP contribution in [0.5, 0.6) is 5.75 Å². The number of aryl methyl sites for hydroxylation is 1. The maximum atomic E-state index is 5.65. The van der Waals surface area contributed by atoms with Gasteiger partial charge >= 0.3 is 0 Å². The third kappa shape index (κ3) is 4.74. The summed E-state index contributed by atoms with van der Waals surface area (Å²) < 4.78 is 12.5. The van der Waals surface area contributed by atoms with Crippen LogP contribution in [0.2, 0.25) is 0 Å². The fourth-order valence-corrected chi connectivity index (χ4v) is 2.00. The van der Waals surface area contributed by atoms with Gasteiger partial charge in [-0.2, -0.15) is 5.10 Å². The zero-order valence-corrected chi connectivity index (χ0v) is 13.2. The van der Waals surface area contributed by atoms with E-state index >= 15 is 0 Å². The molecule has 2 rings (SSSR count). The molecule has 6 heteroatoms. The molecule has 1 heterocycles. The monoisotopic (exact) mass is 311 g/mol. The van der Waals surface area contributed by atoms with Crippen molar-refractivity contribution in [2.45, 2.75) is 13.5 Å². The molecule has 0 unspecified atom stereocenters. The van der Waals surface area contributed by atoms with Gasteiger partial charge < -0.3 is 15.2 Å². The summed E-state index contributed by atoms with van der Waals surface area (Å²) in [5.41, 5.74) is 8.93. The van der Waals surface area contributed by atoms with Gasteiger partial charge in [0.1, 0.15) is 12.4 Å². The summed E-state index contributed by atoms with van der Waals surface area (Å²) in [4.78, 5) is 0. The van der Waals surface area contributed by atoms with E-state index in [0.29, 0.717) is 19.8 Å². The Labute approximate surface area is 131 Å². The van der Waals surface area contributed by atoms with Gasteiger partial charge in [0, 0.05) is 25.4 Å². The van der Waals surface area contributed by atoms with Crippen molar-refractivity contribution in [2.24, 2.45) is 5.73 Å². The molecule has 0 amide bonds. The Morgan fingerprint density at radius 1 is 1.29 bits per heavy atom. The first-order valence-corrected chi connectivity index (χ1v) is 6.70. The minimum atomic E-state index is 0. The minimum Gasteiger partial charge on any atom is -0.491 e. The smallest absolute Gasteiger partial charge is 0.120 e. The summed E-state index contributed by atoms with van der Waals surface area (Å²) >= 11 is 0. The first-order chi connectivity index (χ1) is 9.74. The van der Waals surface area contributed by atoms with Crippen molar-refractivity contribution in [3.63, 3.8) is 0 Å². The number of rotatable bonds is 7. The van der Waals surface area contributed by atoms with Crippen molar-refractivity contribution in [1.82, 2.24) is 9.78 Å². The molecule has 1 aromatic heterocycles. The Kier molecular flexibility index (Phi) is 7.22. The minimum absolute atomic E-state index is 0. The summed E-state index contributed by atoms with van der Waals surface area (Å²) in [7, 11) is 1.66. The zero-order chi connectivity index (χ0) is 14.4.